The molecule has 1 heterocycles. The summed E-state index contributed by atoms with van der Waals surface area (Å²) >= 11 is 3.50. The highest BCUT2D eigenvalue weighted by Gasteiger charge is 2.41. The van der Waals surface area contributed by atoms with Gasteiger partial charge in [0.25, 0.3) is 0 Å². The topological polar surface area (TPSA) is 45.2 Å². The molecule has 0 amide bonds. The van der Waals surface area contributed by atoms with Crippen molar-refractivity contribution in [3.8, 4) is 0 Å². The molecule has 1 aromatic heterocycles. The van der Waals surface area contributed by atoms with Crippen molar-refractivity contribution in [3.63, 3.8) is 0 Å². The minimum atomic E-state index is 0.282. The molecule has 3 nitrogen and oxygen atoms in total. The van der Waals surface area contributed by atoms with Gasteiger partial charge in [-0.05, 0) is 59.2 Å². The maximum atomic E-state index is 8.98. The summed E-state index contributed by atoms with van der Waals surface area (Å²) in [6.07, 6.45) is 5.18. The van der Waals surface area contributed by atoms with E-state index in [2.05, 4.69) is 32.3 Å². The SMILES string of the molecule is Cc1cnc(NCC2(CCO)CC2)c(Br)c1. The minimum Gasteiger partial charge on any atom is -0.396 e. The highest BCUT2D eigenvalue weighted by molar-refractivity contribution is 9.10. The molecule has 0 aromatic carbocycles. The summed E-state index contributed by atoms with van der Waals surface area (Å²) in [6.45, 7) is 3.21. The Kier molecular flexibility index (Phi) is 3.50. The molecule has 2 N–H and O–H groups in total. The Labute approximate surface area is 104 Å². The highest BCUT2D eigenvalue weighted by atomic mass is 79.9. The van der Waals surface area contributed by atoms with E-state index >= 15 is 0 Å². The first-order valence-corrected chi connectivity index (χ1v) is 6.41. The molecule has 0 spiro atoms. The van der Waals surface area contributed by atoms with Crippen molar-refractivity contribution < 1.29 is 5.11 Å². The van der Waals surface area contributed by atoms with Crippen LogP contribution in [0.5, 0.6) is 0 Å². The van der Waals surface area contributed by atoms with Crippen LogP contribution in [0.4, 0.5) is 5.82 Å². The first-order chi connectivity index (χ1) is 7.65. The number of hydrogen-bond acceptors (Lipinski definition) is 3. The van der Waals surface area contributed by atoms with Crippen molar-refractivity contribution in [1.82, 2.24) is 4.98 Å². The first kappa shape index (κ1) is 11.9. The molecule has 1 aliphatic carbocycles. The maximum Gasteiger partial charge on any atom is 0.140 e. The van der Waals surface area contributed by atoms with Crippen LogP contribution >= 0.6 is 15.9 Å². The molecule has 1 aliphatic rings. The summed E-state index contributed by atoms with van der Waals surface area (Å²) in [7, 11) is 0. The molecule has 2 rings (SSSR count). The van der Waals surface area contributed by atoms with Crippen LogP contribution in [0.15, 0.2) is 16.7 Å². The van der Waals surface area contributed by atoms with Crippen molar-refractivity contribution >= 4 is 21.7 Å². The quantitative estimate of drug-likeness (QED) is 0.874. The van der Waals surface area contributed by atoms with E-state index in [4.69, 9.17) is 5.11 Å². The molecule has 0 unspecified atom stereocenters. The van der Waals surface area contributed by atoms with Gasteiger partial charge in [-0.3, -0.25) is 0 Å². The van der Waals surface area contributed by atoms with Crippen LogP contribution in [0.3, 0.4) is 0 Å². The van der Waals surface area contributed by atoms with E-state index in [0.717, 1.165) is 28.8 Å². The smallest absolute Gasteiger partial charge is 0.140 e. The molecule has 1 fully saturated rings. The van der Waals surface area contributed by atoms with E-state index in [-0.39, 0.29) is 6.61 Å². The van der Waals surface area contributed by atoms with Gasteiger partial charge < -0.3 is 10.4 Å². The van der Waals surface area contributed by atoms with Gasteiger partial charge in [0, 0.05) is 19.3 Å². The second-order valence-electron chi connectivity index (χ2n) is 4.67. The maximum absolute atomic E-state index is 8.98. The largest absolute Gasteiger partial charge is 0.396 e. The number of anilines is 1. The van der Waals surface area contributed by atoms with Crippen LogP contribution in [0.1, 0.15) is 24.8 Å². The zero-order valence-corrected chi connectivity index (χ0v) is 11.0. The molecule has 1 saturated carbocycles. The Hall–Kier alpha value is -0.610. The fourth-order valence-corrected chi connectivity index (χ4v) is 2.47. The van der Waals surface area contributed by atoms with Crippen LogP contribution in [-0.4, -0.2) is 23.2 Å². The number of aryl methyl sites for hydroxylation is 1. The molecule has 0 bridgehead atoms. The van der Waals surface area contributed by atoms with E-state index < -0.39 is 0 Å². The highest BCUT2D eigenvalue weighted by Crippen LogP contribution is 2.48. The van der Waals surface area contributed by atoms with Gasteiger partial charge in [-0.25, -0.2) is 4.98 Å². The fraction of sp³-hybridized carbons (Fsp3) is 0.583. The zero-order chi connectivity index (χ0) is 11.6. The molecule has 0 radical (unpaired) electrons. The number of aliphatic hydroxyl groups excluding tert-OH is 1. The summed E-state index contributed by atoms with van der Waals surface area (Å²) in [5, 5.41) is 12.3. The number of aliphatic hydroxyl groups is 1. The standard InChI is InChI=1S/C12H17BrN2O/c1-9-6-10(13)11(14-7-9)15-8-12(2-3-12)4-5-16/h6-7,16H,2-5,8H2,1H3,(H,14,15). The molecule has 0 atom stereocenters. The van der Waals surface area contributed by atoms with E-state index in [1.165, 1.54) is 12.8 Å². The number of nitrogens with one attached hydrogen (secondary N) is 1. The second kappa shape index (κ2) is 4.72. The van der Waals surface area contributed by atoms with Gasteiger partial charge in [0.05, 0.1) is 4.47 Å². The van der Waals surface area contributed by atoms with Gasteiger partial charge in [-0.1, -0.05) is 0 Å². The lowest BCUT2D eigenvalue weighted by molar-refractivity contribution is 0.253. The molecule has 0 saturated heterocycles. The minimum absolute atomic E-state index is 0.282. The van der Waals surface area contributed by atoms with Crippen LogP contribution < -0.4 is 5.32 Å². The van der Waals surface area contributed by atoms with Crippen LogP contribution in [0.25, 0.3) is 0 Å². The van der Waals surface area contributed by atoms with Gasteiger partial charge >= 0.3 is 0 Å². The Balaban J connectivity index is 1.94. The predicted octanol–water partition coefficient (Wildman–Crippen LogP) is 2.73. The number of hydrogen-bond donors (Lipinski definition) is 2. The molecule has 88 valence electrons. The fourth-order valence-electron chi connectivity index (χ4n) is 1.86. The lowest BCUT2D eigenvalue weighted by atomic mass is 10.0. The Bertz CT molecular complexity index is 377. The van der Waals surface area contributed by atoms with Gasteiger partial charge in [0.15, 0.2) is 0 Å². The molecule has 4 heteroatoms. The van der Waals surface area contributed by atoms with Gasteiger partial charge in [0.2, 0.25) is 0 Å². The third-order valence-corrected chi connectivity index (χ3v) is 3.81. The summed E-state index contributed by atoms with van der Waals surface area (Å²) in [5.74, 6) is 0.898. The summed E-state index contributed by atoms with van der Waals surface area (Å²) < 4.78 is 1.01. The number of halogens is 1. The van der Waals surface area contributed by atoms with Crippen molar-refractivity contribution in [2.24, 2.45) is 5.41 Å². The van der Waals surface area contributed by atoms with Crippen LogP contribution in [0.2, 0.25) is 0 Å². The molecular weight excluding hydrogens is 268 g/mol. The number of nitrogens with zero attached hydrogens (tertiary/aromatic N) is 1. The molecule has 1 aromatic rings. The van der Waals surface area contributed by atoms with Gasteiger partial charge in [0.1, 0.15) is 5.82 Å². The predicted molar refractivity (Wildman–Crippen MR) is 68.5 cm³/mol. The van der Waals surface area contributed by atoms with Crippen molar-refractivity contribution in [1.29, 1.82) is 0 Å². The van der Waals surface area contributed by atoms with Crippen molar-refractivity contribution in [2.45, 2.75) is 26.2 Å². The normalized spacial score (nSPS) is 17.2. The molecular formula is C12H17BrN2O. The van der Waals surface area contributed by atoms with Crippen LogP contribution in [0, 0.1) is 12.3 Å². The Morgan fingerprint density at radius 1 is 1.56 bits per heavy atom. The average molecular weight is 285 g/mol. The van der Waals surface area contributed by atoms with E-state index in [1.807, 2.05) is 13.1 Å². The average Bonchev–Trinajstić information content (AvgIpc) is 2.98. The van der Waals surface area contributed by atoms with Crippen molar-refractivity contribution in [3.05, 3.63) is 22.3 Å². The zero-order valence-electron chi connectivity index (χ0n) is 9.46. The molecule has 0 aliphatic heterocycles. The monoisotopic (exact) mass is 284 g/mol. The number of pyridine rings is 1. The lowest BCUT2D eigenvalue weighted by Crippen LogP contribution is -2.17. The van der Waals surface area contributed by atoms with E-state index in [1.54, 1.807) is 0 Å². The van der Waals surface area contributed by atoms with Gasteiger partial charge in [-0.2, -0.15) is 0 Å². The summed E-state index contributed by atoms with van der Waals surface area (Å²) in [6, 6.07) is 2.06. The molecule has 16 heavy (non-hydrogen) atoms. The third kappa shape index (κ3) is 2.74. The second-order valence-corrected chi connectivity index (χ2v) is 5.52. The lowest BCUT2D eigenvalue weighted by Gasteiger charge is -2.15. The number of rotatable bonds is 5. The number of aromatic nitrogens is 1. The van der Waals surface area contributed by atoms with E-state index in [0.29, 0.717) is 5.41 Å². The van der Waals surface area contributed by atoms with Crippen molar-refractivity contribution in [2.75, 3.05) is 18.5 Å². The third-order valence-electron chi connectivity index (χ3n) is 3.21. The van der Waals surface area contributed by atoms with Crippen LogP contribution in [-0.2, 0) is 0 Å². The van der Waals surface area contributed by atoms with Gasteiger partial charge in [-0.15, -0.1) is 0 Å². The first-order valence-electron chi connectivity index (χ1n) is 5.62. The summed E-state index contributed by atoms with van der Waals surface area (Å²) in [5.41, 5.74) is 1.47. The Morgan fingerprint density at radius 2 is 2.31 bits per heavy atom. The summed E-state index contributed by atoms with van der Waals surface area (Å²) in [4.78, 5) is 4.35. The van der Waals surface area contributed by atoms with E-state index in [9.17, 15) is 0 Å². The Morgan fingerprint density at radius 3 is 2.88 bits per heavy atom.